The Morgan fingerprint density at radius 1 is 1.22 bits per heavy atom. The van der Waals surface area contributed by atoms with Crippen LogP contribution < -0.4 is 10.7 Å². The van der Waals surface area contributed by atoms with Crippen LogP contribution in [0.3, 0.4) is 0 Å². The van der Waals surface area contributed by atoms with Crippen molar-refractivity contribution >= 4 is 5.91 Å². The molecule has 1 heterocycles. The van der Waals surface area contributed by atoms with Gasteiger partial charge >= 0.3 is 0 Å². The van der Waals surface area contributed by atoms with Crippen LogP contribution in [0.4, 0.5) is 0 Å². The summed E-state index contributed by atoms with van der Waals surface area (Å²) in [5.74, 6) is 0.586. The first kappa shape index (κ1) is 15.4. The molecular weight excluding hydrogens is 226 g/mol. The Bertz CT molecular complexity index is 258. The molecule has 3 atom stereocenters. The molecule has 1 saturated heterocycles. The van der Waals surface area contributed by atoms with E-state index in [2.05, 4.69) is 43.4 Å². The van der Waals surface area contributed by atoms with Crippen LogP contribution in [-0.2, 0) is 4.79 Å². The summed E-state index contributed by atoms with van der Waals surface area (Å²) in [6, 6.07) is 0.856. The van der Waals surface area contributed by atoms with Crippen molar-refractivity contribution in [3.05, 3.63) is 0 Å². The zero-order chi connectivity index (χ0) is 13.7. The predicted molar refractivity (Wildman–Crippen MR) is 75.1 cm³/mol. The fourth-order valence-corrected chi connectivity index (χ4v) is 2.42. The molecule has 0 aliphatic carbocycles. The van der Waals surface area contributed by atoms with Gasteiger partial charge in [-0.3, -0.25) is 4.79 Å². The molecule has 1 aliphatic rings. The van der Waals surface area contributed by atoms with Crippen LogP contribution in [0.1, 0.15) is 53.9 Å². The van der Waals surface area contributed by atoms with Crippen molar-refractivity contribution in [2.45, 2.75) is 72.0 Å². The quantitative estimate of drug-likeness (QED) is 0.789. The summed E-state index contributed by atoms with van der Waals surface area (Å²) < 4.78 is 0. The highest BCUT2D eigenvalue weighted by Gasteiger charge is 2.27. The van der Waals surface area contributed by atoms with Crippen molar-refractivity contribution in [1.29, 1.82) is 0 Å². The smallest absolute Gasteiger partial charge is 0.238 e. The molecule has 0 aromatic rings. The lowest BCUT2D eigenvalue weighted by atomic mass is 10.00. The highest BCUT2D eigenvalue weighted by Crippen LogP contribution is 2.20. The molecule has 1 aliphatic heterocycles. The number of rotatable bonds is 5. The summed E-state index contributed by atoms with van der Waals surface area (Å²) >= 11 is 0. The van der Waals surface area contributed by atoms with E-state index in [1.807, 2.05) is 6.92 Å². The van der Waals surface area contributed by atoms with Gasteiger partial charge < -0.3 is 5.32 Å². The van der Waals surface area contributed by atoms with Crippen molar-refractivity contribution in [1.82, 2.24) is 15.8 Å². The first-order chi connectivity index (χ1) is 8.41. The second-order valence-electron chi connectivity index (χ2n) is 6.03. The molecule has 0 saturated carbocycles. The predicted octanol–water partition coefficient (Wildman–Crippen LogP) is 1.91. The summed E-state index contributed by atoms with van der Waals surface area (Å²) in [5, 5.41) is 5.23. The van der Waals surface area contributed by atoms with E-state index in [1.54, 1.807) is 0 Å². The van der Waals surface area contributed by atoms with Crippen LogP contribution in [0.25, 0.3) is 0 Å². The average molecular weight is 255 g/mol. The average Bonchev–Trinajstić information content (AvgIpc) is 2.30. The molecule has 0 radical (unpaired) electrons. The minimum atomic E-state index is -0.160. The zero-order valence-electron chi connectivity index (χ0n) is 12.5. The van der Waals surface area contributed by atoms with Crippen molar-refractivity contribution in [2.24, 2.45) is 5.92 Å². The maximum atomic E-state index is 11.9. The van der Waals surface area contributed by atoms with E-state index in [1.165, 1.54) is 19.3 Å². The number of hydrogen-bond donors (Lipinski definition) is 2. The normalized spacial score (nSPS) is 27.2. The maximum absolute atomic E-state index is 11.9. The van der Waals surface area contributed by atoms with E-state index in [-0.39, 0.29) is 11.9 Å². The van der Waals surface area contributed by atoms with E-state index < -0.39 is 0 Å². The Morgan fingerprint density at radius 3 is 2.28 bits per heavy atom. The number of hydrogen-bond acceptors (Lipinski definition) is 3. The van der Waals surface area contributed by atoms with Crippen LogP contribution >= 0.6 is 0 Å². The largest absolute Gasteiger partial charge is 0.354 e. The fraction of sp³-hybridized carbons (Fsp3) is 0.929. The van der Waals surface area contributed by atoms with Crippen molar-refractivity contribution in [2.75, 3.05) is 6.54 Å². The molecule has 4 nitrogen and oxygen atoms in total. The molecule has 0 aromatic heterocycles. The second-order valence-corrected chi connectivity index (χ2v) is 6.03. The van der Waals surface area contributed by atoms with Crippen LogP contribution in [0.5, 0.6) is 0 Å². The lowest BCUT2D eigenvalue weighted by Crippen LogP contribution is -2.58. The number of piperidine rings is 1. The van der Waals surface area contributed by atoms with Gasteiger partial charge in [-0.1, -0.05) is 20.3 Å². The van der Waals surface area contributed by atoms with Crippen LogP contribution in [0, 0.1) is 5.92 Å². The standard InChI is InChI=1S/C14H29N3O/c1-10(2)9-15-14(18)13(5)16-17-11(3)7-6-8-12(17)4/h10-13,16H,6-9H2,1-5H3,(H,15,18). The fourth-order valence-electron chi connectivity index (χ4n) is 2.42. The molecule has 1 rings (SSSR count). The van der Waals surface area contributed by atoms with Crippen molar-refractivity contribution in [3.63, 3.8) is 0 Å². The van der Waals surface area contributed by atoms with Gasteiger partial charge in [0.2, 0.25) is 5.91 Å². The third kappa shape index (κ3) is 4.58. The summed E-state index contributed by atoms with van der Waals surface area (Å²) in [6.45, 7) is 11.3. The Labute approximate surface area is 111 Å². The third-order valence-electron chi connectivity index (χ3n) is 3.61. The van der Waals surface area contributed by atoms with E-state index in [4.69, 9.17) is 0 Å². The Hall–Kier alpha value is -0.610. The van der Waals surface area contributed by atoms with Gasteiger partial charge in [0, 0.05) is 18.6 Å². The van der Waals surface area contributed by atoms with Crippen molar-refractivity contribution < 1.29 is 4.79 Å². The SMILES string of the molecule is CC(C)CNC(=O)C(C)NN1C(C)CCCC1C. The summed E-state index contributed by atoms with van der Waals surface area (Å²) in [5.41, 5.74) is 3.36. The van der Waals surface area contributed by atoms with Gasteiger partial charge in [0.15, 0.2) is 0 Å². The number of carbonyl (C=O) groups excluding carboxylic acids is 1. The van der Waals surface area contributed by atoms with Crippen molar-refractivity contribution in [3.8, 4) is 0 Å². The minimum Gasteiger partial charge on any atom is -0.354 e. The van der Waals surface area contributed by atoms with E-state index >= 15 is 0 Å². The Morgan fingerprint density at radius 2 is 1.78 bits per heavy atom. The first-order valence-electron chi connectivity index (χ1n) is 7.24. The monoisotopic (exact) mass is 255 g/mol. The van der Waals surface area contributed by atoms with E-state index in [0.29, 0.717) is 18.0 Å². The lowest BCUT2D eigenvalue weighted by Gasteiger charge is -2.40. The van der Waals surface area contributed by atoms with Crippen LogP contribution in [-0.4, -0.2) is 35.6 Å². The van der Waals surface area contributed by atoms with Crippen LogP contribution in [0.2, 0.25) is 0 Å². The van der Waals surface area contributed by atoms with Gasteiger partial charge in [0.25, 0.3) is 0 Å². The molecule has 0 spiro atoms. The molecule has 18 heavy (non-hydrogen) atoms. The number of carbonyl (C=O) groups is 1. The van der Waals surface area contributed by atoms with Gasteiger partial charge in [-0.15, -0.1) is 0 Å². The number of nitrogens with one attached hydrogen (secondary N) is 2. The lowest BCUT2D eigenvalue weighted by molar-refractivity contribution is -0.125. The topological polar surface area (TPSA) is 44.4 Å². The molecule has 0 bridgehead atoms. The highest BCUT2D eigenvalue weighted by molar-refractivity contribution is 5.81. The molecule has 0 aromatic carbocycles. The molecule has 2 N–H and O–H groups in total. The summed E-state index contributed by atoms with van der Waals surface area (Å²) in [7, 11) is 0. The zero-order valence-corrected chi connectivity index (χ0v) is 12.5. The van der Waals surface area contributed by atoms with Gasteiger partial charge in [-0.25, -0.2) is 10.4 Å². The number of nitrogens with zero attached hydrogens (tertiary/aromatic N) is 1. The van der Waals surface area contributed by atoms with Crippen LogP contribution in [0.15, 0.2) is 0 Å². The van der Waals surface area contributed by atoms with E-state index in [0.717, 1.165) is 6.54 Å². The molecule has 3 unspecified atom stereocenters. The molecule has 1 fully saturated rings. The van der Waals surface area contributed by atoms with Gasteiger partial charge in [-0.2, -0.15) is 0 Å². The van der Waals surface area contributed by atoms with Gasteiger partial charge in [0.1, 0.15) is 0 Å². The van der Waals surface area contributed by atoms with E-state index in [9.17, 15) is 4.79 Å². The molecule has 4 heteroatoms. The molecule has 1 amide bonds. The second kappa shape index (κ2) is 7.10. The van der Waals surface area contributed by atoms with Gasteiger partial charge in [0.05, 0.1) is 6.04 Å². The molecular formula is C14H29N3O. The highest BCUT2D eigenvalue weighted by atomic mass is 16.2. The first-order valence-corrected chi connectivity index (χ1v) is 7.24. The Kier molecular flexibility index (Phi) is 6.09. The summed E-state index contributed by atoms with van der Waals surface area (Å²) in [6.07, 6.45) is 3.70. The molecule has 106 valence electrons. The summed E-state index contributed by atoms with van der Waals surface area (Å²) in [4.78, 5) is 11.9. The number of hydrazine groups is 1. The maximum Gasteiger partial charge on any atom is 0.238 e. The Balaban J connectivity index is 2.42. The third-order valence-corrected chi connectivity index (χ3v) is 3.61. The van der Waals surface area contributed by atoms with Gasteiger partial charge in [-0.05, 0) is 39.5 Å². The number of amides is 1. The minimum absolute atomic E-state index is 0.0914.